The van der Waals surface area contributed by atoms with Crippen LogP contribution in [0.5, 0.6) is 5.75 Å². The van der Waals surface area contributed by atoms with Crippen molar-refractivity contribution < 1.29 is 18.7 Å². The third-order valence-electron chi connectivity index (χ3n) is 5.43. The second kappa shape index (κ2) is 9.74. The van der Waals surface area contributed by atoms with E-state index in [0.717, 1.165) is 23.1 Å². The van der Waals surface area contributed by atoms with E-state index in [1.54, 1.807) is 6.07 Å². The van der Waals surface area contributed by atoms with Crippen molar-refractivity contribution in [2.24, 2.45) is 0 Å². The van der Waals surface area contributed by atoms with Crippen LogP contribution in [0.4, 0.5) is 4.39 Å². The summed E-state index contributed by atoms with van der Waals surface area (Å²) in [4.78, 5) is 26.7. The number of nitrogens with zero attached hydrogens (tertiary/aromatic N) is 1. The van der Waals surface area contributed by atoms with Crippen molar-refractivity contribution in [3.8, 4) is 5.75 Å². The summed E-state index contributed by atoms with van der Waals surface area (Å²) in [5.41, 5.74) is 2.74. The smallest absolute Gasteiger partial charge is 0.261 e. The summed E-state index contributed by atoms with van der Waals surface area (Å²) in [6.07, 6.45) is 1.05. The number of likely N-dealkylation sites (N-methyl/N-ethyl adjacent to an activating group) is 1. The lowest BCUT2D eigenvalue weighted by Crippen LogP contribution is -2.40. The highest BCUT2D eigenvalue weighted by Gasteiger charge is 2.32. The number of fused-ring (bicyclic) bond motifs is 1. The zero-order chi connectivity index (χ0) is 21.7. The monoisotopic (exact) mass is 412 g/mol. The summed E-state index contributed by atoms with van der Waals surface area (Å²) in [6.45, 7) is 6.72. The molecular formula is C24H29FN2O3. The summed E-state index contributed by atoms with van der Waals surface area (Å²) < 4.78 is 20.0. The van der Waals surface area contributed by atoms with Gasteiger partial charge >= 0.3 is 0 Å². The number of hydrogen-bond donors (Lipinski definition) is 1. The summed E-state index contributed by atoms with van der Waals surface area (Å²) in [7, 11) is 0. The average molecular weight is 413 g/mol. The molecule has 1 aliphatic rings. The van der Waals surface area contributed by atoms with Crippen LogP contribution in [0.3, 0.4) is 0 Å². The first-order valence-corrected chi connectivity index (χ1v) is 10.6. The van der Waals surface area contributed by atoms with Crippen molar-refractivity contribution in [2.75, 3.05) is 13.1 Å². The van der Waals surface area contributed by atoms with Crippen LogP contribution in [-0.4, -0.2) is 35.9 Å². The van der Waals surface area contributed by atoms with Crippen molar-refractivity contribution in [3.63, 3.8) is 0 Å². The predicted molar refractivity (Wildman–Crippen MR) is 114 cm³/mol. The molecule has 0 fully saturated rings. The van der Waals surface area contributed by atoms with Gasteiger partial charge < -0.3 is 15.0 Å². The second-order valence-corrected chi connectivity index (χ2v) is 7.42. The molecule has 0 unspecified atom stereocenters. The Labute approximate surface area is 177 Å². The number of halogens is 1. The van der Waals surface area contributed by atoms with E-state index in [2.05, 4.69) is 5.32 Å². The maximum Gasteiger partial charge on any atom is 0.261 e. The molecule has 0 bridgehead atoms. The molecule has 1 N–H and O–H groups in total. The first-order chi connectivity index (χ1) is 14.5. The summed E-state index contributed by atoms with van der Waals surface area (Å²) >= 11 is 0. The Morgan fingerprint density at radius 2 is 2.00 bits per heavy atom. The molecule has 2 aromatic carbocycles. The topological polar surface area (TPSA) is 58.6 Å². The lowest BCUT2D eigenvalue weighted by Gasteiger charge is -2.38. The second-order valence-electron chi connectivity index (χ2n) is 7.42. The lowest BCUT2D eigenvalue weighted by atomic mass is 9.87. The number of amides is 2. The number of nitrogens with one attached hydrogen (secondary N) is 1. The Morgan fingerprint density at radius 1 is 1.20 bits per heavy atom. The number of carbonyl (C=O) groups is 2. The minimum absolute atomic E-state index is 0.0231. The molecule has 0 radical (unpaired) electrons. The van der Waals surface area contributed by atoms with E-state index in [1.807, 2.05) is 49.9 Å². The van der Waals surface area contributed by atoms with Crippen molar-refractivity contribution in [2.45, 2.75) is 52.2 Å². The third kappa shape index (κ3) is 4.64. The zero-order valence-electron chi connectivity index (χ0n) is 17.8. The Morgan fingerprint density at radius 3 is 2.67 bits per heavy atom. The number of rotatable bonds is 7. The van der Waals surface area contributed by atoms with Crippen LogP contribution in [0, 0.1) is 5.82 Å². The quantitative estimate of drug-likeness (QED) is 0.748. The molecule has 2 amide bonds. The van der Waals surface area contributed by atoms with E-state index < -0.39 is 6.10 Å². The zero-order valence-corrected chi connectivity index (χ0v) is 17.8. The van der Waals surface area contributed by atoms with E-state index in [0.29, 0.717) is 31.7 Å². The number of hydrogen-bond acceptors (Lipinski definition) is 3. The molecule has 2 aromatic rings. The molecule has 0 aliphatic carbocycles. The van der Waals surface area contributed by atoms with Crippen molar-refractivity contribution in [1.29, 1.82) is 0 Å². The molecule has 30 heavy (non-hydrogen) atoms. The van der Waals surface area contributed by atoms with Crippen LogP contribution < -0.4 is 10.1 Å². The normalized spacial score (nSPS) is 16.5. The molecule has 1 heterocycles. The van der Waals surface area contributed by atoms with E-state index in [-0.39, 0.29) is 23.7 Å². The molecule has 2 atom stereocenters. The van der Waals surface area contributed by atoms with Crippen LogP contribution >= 0.6 is 0 Å². The fourth-order valence-electron chi connectivity index (χ4n) is 3.95. The van der Waals surface area contributed by atoms with Crippen molar-refractivity contribution in [3.05, 3.63) is 65.0 Å². The Balaban J connectivity index is 2.00. The van der Waals surface area contributed by atoms with Gasteiger partial charge in [-0.25, -0.2) is 4.39 Å². The predicted octanol–water partition coefficient (Wildman–Crippen LogP) is 4.00. The lowest BCUT2D eigenvalue weighted by molar-refractivity contribution is -0.133. The molecule has 0 saturated heterocycles. The highest BCUT2D eigenvalue weighted by molar-refractivity contribution is 5.81. The van der Waals surface area contributed by atoms with Gasteiger partial charge in [-0.3, -0.25) is 9.59 Å². The maximum atomic E-state index is 14.0. The first kappa shape index (κ1) is 21.8. The van der Waals surface area contributed by atoms with Gasteiger partial charge in [-0.15, -0.1) is 0 Å². The van der Waals surface area contributed by atoms with Gasteiger partial charge in [0.2, 0.25) is 5.91 Å². The number of ether oxygens (including phenoxy) is 1. The molecule has 6 heteroatoms. The Bertz CT molecular complexity index is 915. The standard InChI is InChI=1S/C24H29FN2O3/c1-4-21(24(29)26-6-3)30-19-11-10-16-12-13-27(22(28)5-2)23(20(16)15-19)17-8-7-9-18(25)14-17/h7-11,14-15,21,23H,4-6,12-13H2,1-3H3,(H,26,29)/t21-,23-/m1/s1. The first-order valence-electron chi connectivity index (χ1n) is 10.6. The maximum absolute atomic E-state index is 14.0. The van der Waals surface area contributed by atoms with Gasteiger partial charge in [-0.1, -0.05) is 32.0 Å². The van der Waals surface area contributed by atoms with Crippen LogP contribution in [0.2, 0.25) is 0 Å². The van der Waals surface area contributed by atoms with Crippen LogP contribution in [0.25, 0.3) is 0 Å². The Hall–Kier alpha value is -2.89. The molecule has 1 aliphatic heterocycles. The molecule has 5 nitrogen and oxygen atoms in total. The van der Waals surface area contributed by atoms with Crippen LogP contribution in [-0.2, 0) is 16.0 Å². The van der Waals surface area contributed by atoms with Gasteiger partial charge in [0.15, 0.2) is 6.10 Å². The Kier molecular flexibility index (Phi) is 7.08. The van der Waals surface area contributed by atoms with Gasteiger partial charge in [0, 0.05) is 19.5 Å². The van der Waals surface area contributed by atoms with E-state index in [9.17, 15) is 14.0 Å². The molecule has 160 valence electrons. The van der Waals surface area contributed by atoms with E-state index in [4.69, 9.17) is 4.74 Å². The van der Waals surface area contributed by atoms with Crippen LogP contribution in [0.15, 0.2) is 42.5 Å². The molecule has 0 saturated carbocycles. The highest BCUT2D eigenvalue weighted by Crippen LogP contribution is 2.38. The highest BCUT2D eigenvalue weighted by atomic mass is 19.1. The minimum Gasteiger partial charge on any atom is -0.481 e. The van der Waals surface area contributed by atoms with Crippen LogP contribution in [0.1, 0.15) is 56.3 Å². The summed E-state index contributed by atoms with van der Waals surface area (Å²) in [5, 5.41) is 2.79. The van der Waals surface area contributed by atoms with Gasteiger partial charge in [0.05, 0.1) is 6.04 Å². The van der Waals surface area contributed by atoms with Crippen molar-refractivity contribution >= 4 is 11.8 Å². The number of benzene rings is 2. The molecule has 0 aromatic heterocycles. The van der Waals surface area contributed by atoms with Crippen molar-refractivity contribution in [1.82, 2.24) is 10.2 Å². The number of carbonyl (C=O) groups excluding carboxylic acids is 2. The third-order valence-corrected chi connectivity index (χ3v) is 5.43. The van der Waals surface area contributed by atoms with Gasteiger partial charge in [-0.05, 0) is 60.7 Å². The molecular weight excluding hydrogens is 383 g/mol. The SMILES string of the molecule is CCNC(=O)[C@@H](CC)Oc1ccc2c(c1)[C@@H](c1cccc(F)c1)N(C(=O)CC)CC2. The summed E-state index contributed by atoms with van der Waals surface area (Å²) in [6, 6.07) is 11.7. The largest absolute Gasteiger partial charge is 0.481 e. The van der Waals surface area contributed by atoms with Gasteiger partial charge in [0.25, 0.3) is 5.91 Å². The minimum atomic E-state index is -0.590. The fourth-order valence-corrected chi connectivity index (χ4v) is 3.95. The van der Waals surface area contributed by atoms with E-state index >= 15 is 0 Å². The molecule has 0 spiro atoms. The van der Waals surface area contributed by atoms with Gasteiger partial charge in [0.1, 0.15) is 11.6 Å². The van der Waals surface area contributed by atoms with E-state index in [1.165, 1.54) is 12.1 Å². The molecule has 3 rings (SSSR count). The summed E-state index contributed by atoms with van der Waals surface area (Å²) in [5.74, 6) is 0.106. The van der Waals surface area contributed by atoms with Gasteiger partial charge in [-0.2, -0.15) is 0 Å². The fraction of sp³-hybridized carbons (Fsp3) is 0.417. The average Bonchev–Trinajstić information content (AvgIpc) is 2.76.